The first-order valence-corrected chi connectivity index (χ1v) is 6.49. The molecule has 0 radical (unpaired) electrons. The van der Waals surface area contributed by atoms with Crippen LogP contribution in [0.1, 0.15) is 38.0 Å². The van der Waals surface area contributed by atoms with Gasteiger partial charge in [0, 0.05) is 24.6 Å². The Morgan fingerprint density at radius 1 is 1.45 bits per heavy atom. The third kappa shape index (κ3) is 4.95. The molecule has 2 N–H and O–H groups in total. The quantitative estimate of drug-likeness (QED) is 0.839. The summed E-state index contributed by atoms with van der Waals surface area (Å²) in [5.41, 5.74) is 0.390. The molecule has 0 atom stereocenters. The fraction of sp³-hybridized carbons (Fsp3) is 0.571. The van der Waals surface area contributed by atoms with Crippen molar-refractivity contribution in [2.24, 2.45) is 0 Å². The number of hydrogen-bond acceptors (Lipinski definition) is 3. The van der Waals surface area contributed by atoms with E-state index in [4.69, 9.17) is 9.52 Å². The Morgan fingerprint density at radius 2 is 2.10 bits per heavy atom. The number of carboxylic acids is 1. The molecule has 0 aliphatic rings. The second kappa shape index (κ2) is 6.45. The van der Waals surface area contributed by atoms with Gasteiger partial charge in [0.2, 0.25) is 0 Å². The lowest BCUT2D eigenvalue weighted by molar-refractivity contribution is -0.137. The smallest absolute Gasteiger partial charge is 0.317 e. The van der Waals surface area contributed by atoms with Gasteiger partial charge in [0.05, 0.1) is 12.8 Å². The lowest BCUT2D eigenvalue weighted by Crippen LogP contribution is -2.48. The lowest BCUT2D eigenvalue weighted by Gasteiger charge is -2.29. The Morgan fingerprint density at radius 3 is 2.60 bits per heavy atom. The Hall–Kier alpha value is -1.98. The van der Waals surface area contributed by atoms with Crippen molar-refractivity contribution in [3.63, 3.8) is 0 Å². The number of rotatable bonds is 6. The summed E-state index contributed by atoms with van der Waals surface area (Å²) in [4.78, 5) is 24.2. The zero-order chi connectivity index (χ0) is 15.3. The first-order chi connectivity index (χ1) is 9.21. The molecule has 1 aromatic heterocycles. The number of aryl methyl sites for hydroxylation is 1. The highest BCUT2D eigenvalue weighted by atomic mass is 16.4. The third-order valence-electron chi connectivity index (χ3n) is 3.13. The molecule has 0 saturated heterocycles. The van der Waals surface area contributed by atoms with E-state index in [1.165, 1.54) is 0 Å². The molecule has 0 spiro atoms. The van der Waals surface area contributed by atoms with Crippen LogP contribution in [-0.4, -0.2) is 34.6 Å². The van der Waals surface area contributed by atoms with E-state index < -0.39 is 11.5 Å². The monoisotopic (exact) mass is 282 g/mol. The number of nitrogens with zero attached hydrogens (tertiary/aromatic N) is 1. The number of nitrogens with one attached hydrogen (secondary N) is 1. The molecule has 0 aliphatic heterocycles. The molecule has 0 fully saturated rings. The third-order valence-corrected chi connectivity index (χ3v) is 3.13. The van der Waals surface area contributed by atoms with Crippen LogP contribution in [0.2, 0.25) is 0 Å². The molecule has 20 heavy (non-hydrogen) atoms. The first kappa shape index (κ1) is 16.1. The van der Waals surface area contributed by atoms with Crippen LogP contribution in [0.3, 0.4) is 0 Å². The van der Waals surface area contributed by atoms with E-state index in [1.807, 2.05) is 26.8 Å². The lowest BCUT2D eigenvalue weighted by atomic mass is 9.99. The van der Waals surface area contributed by atoms with Gasteiger partial charge in [-0.05, 0) is 33.3 Å². The minimum atomic E-state index is -0.866. The summed E-state index contributed by atoms with van der Waals surface area (Å²) < 4.78 is 5.19. The van der Waals surface area contributed by atoms with Crippen molar-refractivity contribution in [3.8, 4) is 0 Å². The van der Waals surface area contributed by atoms with Gasteiger partial charge in [-0.15, -0.1) is 0 Å². The van der Waals surface area contributed by atoms with Gasteiger partial charge in [0.25, 0.3) is 0 Å². The Kier molecular flexibility index (Phi) is 5.19. The average molecular weight is 282 g/mol. The highest BCUT2D eigenvalue weighted by Gasteiger charge is 2.23. The van der Waals surface area contributed by atoms with Crippen LogP contribution in [0.5, 0.6) is 0 Å². The van der Waals surface area contributed by atoms with Gasteiger partial charge >= 0.3 is 12.0 Å². The van der Waals surface area contributed by atoms with E-state index in [0.29, 0.717) is 13.0 Å². The fourth-order valence-electron chi connectivity index (χ4n) is 1.77. The Bertz CT molecular complexity index is 479. The van der Waals surface area contributed by atoms with Crippen molar-refractivity contribution >= 4 is 12.0 Å². The maximum atomic E-state index is 12.1. The predicted molar refractivity (Wildman–Crippen MR) is 74.4 cm³/mol. The van der Waals surface area contributed by atoms with E-state index in [1.54, 1.807) is 18.2 Å². The SMILES string of the molecule is Cc1occc1CN(C)C(=O)NC(C)(C)CCC(=O)O. The summed E-state index contributed by atoms with van der Waals surface area (Å²) in [5, 5.41) is 11.5. The predicted octanol–water partition coefficient (Wildman–Crippen LogP) is 2.37. The maximum absolute atomic E-state index is 12.1. The summed E-state index contributed by atoms with van der Waals surface area (Å²) in [5.74, 6) is -0.0792. The highest BCUT2D eigenvalue weighted by Crippen LogP contribution is 2.14. The Labute approximate surface area is 118 Å². The van der Waals surface area contributed by atoms with Crippen LogP contribution in [0.15, 0.2) is 16.7 Å². The van der Waals surface area contributed by atoms with Crippen molar-refractivity contribution < 1.29 is 19.1 Å². The van der Waals surface area contributed by atoms with Crippen LogP contribution < -0.4 is 5.32 Å². The number of amides is 2. The molecule has 6 nitrogen and oxygen atoms in total. The number of hydrogen-bond donors (Lipinski definition) is 2. The molecular weight excluding hydrogens is 260 g/mol. The minimum absolute atomic E-state index is 0.0256. The van der Waals surface area contributed by atoms with Gasteiger partial charge < -0.3 is 19.7 Å². The van der Waals surface area contributed by atoms with Crippen molar-refractivity contribution in [3.05, 3.63) is 23.7 Å². The largest absolute Gasteiger partial charge is 0.481 e. The number of aliphatic carboxylic acids is 1. The molecule has 1 rings (SSSR count). The van der Waals surface area contributed by atoms with Gasteiger partial charge in [0.15, 0.2) is 0 Å². The summed E-state index contributed by atoms with van der Waals surface area (Å²) in [6, 6.07) is 1.59. The topological polar surface area (TPSA) is 82.8 Å². The molecule has 0 unspecified atom stereocenters. The first-order valence-electron chi connectivity index (χ1n) is 6.49. The molecule has 1 aromatic rings. The van der Waals surface area contributed by atoms with E-state index in [9.17, 15) is 9.59 Å². The van der Waals surface area contributed by atoms with E-state index >= 15 is 0 Å². The van der Waals surface area contributed by atoms with E-state index in [-0.39, 0.29) is 12.5 Å². The number of carbonyl (C=O) groups excluding carboxylic acids is 1. The molecule has 112 valence electrons. The number of furan rings is 1. The van der Waals surface area contributed by atoms with Crippen LogP contribution in [-0.2, 0) is 11.3 Å². The molecule has 0 saturated carbocycles. The van der Waals surface area contributed by atoms with Crippen molar-refractivity contribution in [1.82, 2.24) is 10.2 Å². The summed E-state index contributed by atoms with van der Waals surface area (Å²) in [6.45, 7) is 5.91. The van der Waals surface area contributed by atoms with Crippen molar-refractivity contribution in [2.75, 3.05) is 7.05 Å². The molecule has 6 heteroatoms. The maximum Gasteiger partial charge on any atom is 0.317 e. The minimum Gasteiger partial charge on any atom is -0.481 e. The van der Waals surface area contributed by atoms with Crippen LogP contribution in [0.25, 0.3) is 0 Å². The van der Waals surface area contributed by atoms with Crippen LogP contribution in [0.4, 0.5) is 4.79 Å². The molecule has 0 bridgehead atoms. The standard InChI is InChI=1S/C14H22N2O4/c1-10-11(6-8-20-10)9-16(4)13(19)15-14(2,3)7-5-12(17)18/h6,8H,5,7,9H2,1-4H3,(H,15,19)(H,17,18). The molecule has 1 heterocycles. The molecular formula is C14H22N2O4. The van der Waals surface area contributed by atoms with Gasteiger partial charge in [-0.3, -0.25) is 4.79 Å². The summed E-state index contributed by atoms with van der Waals surface area (Å²) >= 11 is 0. The van der Waals surface area contributed by atoms with Crippen molar-refractivity contribution in [1.29, 1.82) is 0 Å². The van der Waals surface area contributed by atoms with Gasteiger partial charge in [-0.1, -0.05) is 0 Å². The molecule has 0 aromatic carbocycles. The van der Waals surface area contributed by atoms with Gasteiger partial charge in [-0.25, -0.2) is 4.79 Å². The fourth-order valence-corrected chi connectivity index (χ4v) is 1.77. The van der Waals surface area contributed by atoms with E-state index in [2.05, 4.69) is 5.32 Å². The number of carboxylic acid groups (broad SMARTS) is 1. The second-order valence-electron chi connectivity index (χ2n) is 5.57. The Balaban J connectivity index is 2.52. The van der Waals surface area contributed by atoms with Crippen LogP contribution >= 0.6 is 0 Å². The zero-order valence-corrected chi connectivity index (χ0v) is 12.4. The van der Waals surface area contributed by atoms with Gasteiger partial charge in [0.1, 0.15) is 5.76 Å². The molecule has 0 aliphatic carbocycles. The van der Waals surface area contributed by atoms with Crippen molar-refractivity contribution in [2.45, 2.75) is 45.7 Å². The average Bonchev–Trinajstić information content (AvgIpc) is 2.72. The molecule has 2 amide bonds. The second-order valence-corrected chi connectivity index (χ2v) is 5.57. The highest BCUT2D eigenvalue weighted by molar-refractivity contribution is 5.75. The summed E-state index contributed by atoms with van der Waals surface area (Å²) in [6.07, 6.45) is 2.00. The zero-order valence-electron chi connectivity index (χ0n) is 12.4. The van der Waals surface area contributed by atoms with Gasteiger partial charge in [-0.2, -0.15) is 0 Å². The van der Waals surface area contributed by atoms with E-state index in [0.717, 1.165) is 11.3 Å². The number of urea groups is 1. The van der Waals surface area contributed by atoms with Crippen LogP contribution in [0, 0.1) is 6.92 Å². The number of carbonyl (C=O) groups is 2. The normalized spacial score (nSPS) is 11.2. The summed E-state index contributed by atoms with van der Waals surface area (Å²) in [7, 11) is 1.69.